The highest BCUT2D eigenvalue weighted by atomic mass is 79.9. The van der Waals surface area contributed by atoms with Crippen LogP contribution in [0, 0.1) is 11.7 Å². The molecule has 2 aliphatic heterocycles. The highest BCUT2D eigenvalue weighted by molar-refractivity contribution is 9.10. The second kappa shape index (κ2) is 5.37. The topological polar surface area (TPSA) is 55.7 Å². The summed E-state index contributed by atoms with van der Waals surface area (Å²) in [6.45, 7) is 0.150. The van der Waals surface area contributed by atoms with E-state index in [-0.39, 0.29) is 18.2 Å². The van der Waals surface area contributed by atoms with E-state index >= 15 is 0 Å². The van der Waals surface area contributed by atoms with Gasteiger partial charge in [0.25, 0.3) is 0 Å². The minimum absolute atomic E-state index is 0.0895. The van der Waals surface area contributed by atoms with Crippen molar-refractivity contribution in [3.05, 3.63) is 45.3 Å². The van der Waals surface area contributed by atoms with Crippen LogP contribution in [0.5, 0.6) is 0 Å². The van der Waals surface area contributed by atoms with E-state index in [4.69, 9.17) is 4.74 Å². The van der Waals surface area contributed by atoms with Crippen LogP contribution < -0.4 is 0 Å². The molecule has 0 spiro atoms. The number of aliphatic imine (C=N–C) groups is 1. The monoisotopic (exact) mass is 377 g/mol. The van der Waals surface area contributed by atoms with Crippen molar-refractivity contribution in [2.24, 2.45) is 10.9 Å². The minimum atomic E-state index is -0.439. The summed E-state index contributed by atoms with van der Waals surface area (Å²) in [5.74, 6) is -1.59. The number of hydrogen-bond donors (Lipinski definition) is 0. The maximum absolute atomic E-state index is 13.6. The van der Waals surface area contributed by atoms with E-state index in [1.165, 1.54) is 6.07 Å². The lowest BCUT2D eigenvalue weighted by molar-refractivity contribution is -0.136. The molecule has 23 heavy (non-hydrogen) atoms. The van der Waals surface area contributed by atoms with E-state index < -0.39 is 17.8 Å². The van der Waals surface area contributed by atoms with E-state index in [9.17, 15) is 14.0 Å². The first-order chi connectivity index (χ1) is 11.1. The summed E-state index contributed by atoms with van der Waals surface area (Å²) in [5, 5.41) is 0. The first-order valence-electron chi connectivity index (χ1n) is 7.51. The van der Waals surface area contributed by atoms with Gasteiger partial charge in [-0.05, 0) is 46.5 Å². The van der Waals surface area contributed by atoms with Crippen LogP contribution in [-0.2, 0) is 14.3 Å². The predicted octanol–water partition coefficient (Wildman–Crippen LogP) is 3.31. The van der Waals surface area contributed by atoms with Crippen molar-refractivity contribution in [1.29, 1.82) is 0 Å². The molecule has 0 saturated heterocycles. The summed E-state index contributed by atoms with van der Waals surface area (Å²) in [4.78, 5) is 29.2. The fraction of sp³-hybridized carbons (Fsp3) is 0.353. The minimum Gasteiger partial charge on any atom is -0.456 e. The standard InChI is InChI=1S/C17H13BrFNO3/c18-9-6-8(4-5-10(9)19)14-15-11(2-1-3-13(15)21)20-12-7-23-17(22)16(12)14/h4-6,14-15H,1-3,7H2/t14-,15?/m0/s1. The summed E-state index contributed by atoms with van der Waals surface area (Å²) >= 11 is 3.18. The summed E-state index contributed by atoms with van der Waals surface area (Å²) in [7, 11) is 0. The molecule has 1 aromatic carbocycles. The average molecular weight is 378 g/mol. The Kier molecular flexibility index (Phi) is 3.44. The second-order valence-corrected chi connectivity index (χ2v) is 6.84. The Hall–Kier alpha value is -1.82. The molecule has 0 radical (unpaired) electrons. The van der Waals surface area contributed by atoms with Gasteiger partial charge < -0.3 is 4.74 Å². The molecule has 0 bridgehead atoms. The van der Waals surface area contributed by atoms with E-state index in [0.717, 1.165) is 24.1 Å². The van der Waals surface area contributed by atoms with Gasteiger partial charge in [0.15, 0.2) is 0 Å². The highest BCUT2D eigenvalue weighted by Crippen LogP contribution is 2.45. The first-order valence-corrected chi connectivity index (χ1v) is 8.31. The lowest BCUT2D eigenvalue weighted by Gasteiger charge is -2.33. The van der Waals surface area contributed by atoms with Crippen molar-refractivity contribution < 1.29 is 18.7 Å². The van der Waals surface area contributed by atoms with Crippen molar-refractivity contribution in [2.45, 2.75) is 25.2 Å². The molecule has 0 N–H and O–H groups in total. The Bertz CT molecular complexity index is 799. The third-order valence-corrected chi connectivity index (χ3v) is 5.27. The largest absolute Gasteiger partial charge is 0.456 e. The lowest BCUT2D eigenvalue weighted by Crippen LogP contribution is -2.38. The SMILES string of the molecule is O=C1OCC2=C1[C@@H](c1ccc(F)c(Br)c1)C1C(=O)CCCC1=N2. The van der Waals surface area contributed by atoms with E-state index in [1.807, 2.05) is 0 Å². The summed E-state index contributed by atoms with van der Waals surface area (Å²) in [6.07, 6.45) is 2.02. The molecule has 4 rings (SSSR count). The number of halogens is 2. The number of Topliss-reactive ketones (excluding diaryl/α,β-unsaturated/α-hetero) is 1. The third kappa shape index (κ3) is 2.27. The van der Waals surface area contributed by atoms with Crippen LogP contribution in [-0.4, -0.2) is 24.1 Å². The quantitative estimate of drug-likeness (QED) is 0.705. The van der Waals surface area contributed by atoms with Gasteiger partial charge in [0.1, 0.15) is 18.2 Å². The molecular weight excluding hydrogens is 365 g/mol. The van der Waals surface area contributed by atoms with Crippen LogP contribution in [0.4, 0.5) is 4.39 Å². The van der Waals surface area contributed by atoms with Gasteiger partial charge in [-0.3, -0.25) is 9.79 Å². The molecule has 1 aromatic rings. The van der Waals surface area contributed by atoms with Crippen molar-refractivity contribution in [1.82, 2.24) is 0 Å². The number of nitrogens with zero attached hydrogens (tertiary/aromatic N) is 1. The Morgan fingerprint density at radius 1 is 1.22 bits per heavy atom. The van der Waals surface area contributed by atoms with Crippen molar-refractivity contribution in [3.63, 3.8) is 0 Å². The smallest absolute Gasteiger partial charge is 0.337 e. The maximum Gasteiger partial charge on any atom is 0.337 e. The molecule has 0 aromatic heterocycles. The summed E-state index contributed by atoms with van der Waals surface area (Å²) in [5.41, 5.74) is 2.62. The van der Waals surface area contributed by atoms with E-state index in [2.05, 4.69) is 20.9 Å². The van der Waals surface area contributed by atoms with Crippen LogP contribution >= 0.6 is 15.9 Å². The number of carbonyl (C=O) groups excluding carboxylic acids is 2. The molecule has 1 aliphatic carbocycles. The highest BCUT2D eigenvalue weighted by Gasteiger charge is 2.46. The van der Waals surface area contributed by atoms with Gasteiger partial charge in [-0.25, -0.2) is 9.18 Å². The molecule has 1 unspecified atom stereocenters. The Morgan fingerprint density at radius 3 is 2.83 bits per heavy atom. The van der Waals surface area contributed by atoms with Crippen molar-refractivity contribution >= 4 is 33.4 Å². The molecule has 0 amide bonds. The summed E-state index contributed by atoms with van der Waals surface area (Å²) in [6, 6.07) is 4.62. The number of cyclic esters (lactones) is 1. The number of carbonyl (C=O) groups is 2. The zero-order valence-corrected chi connectivity index (χ0v) is 13.7. The number of ketones is 1. The van der Waals surface area contributed by atoms with Crippen LogP contribution in [0.2, 0.25) is 0 Å². The number of ether oxygens (including phenoxy) is 1. The average Bonchev–Trinajstić information content (AvgIpc) is 2.90. The predicted molar refractivity (Wildman–Crippen MR) is 84.6 cm³/mol. The molecule has 1 fully saturated rings. The maximum atomic E-state index is 13.6. The van der Waals surface area contributed by atoms with Crippen LogP contribution in [0.3, 0.4) is 0 Å². The molecule has 6 heteroatoms. The Balaban J connectivity index is 1.89. The van der Waals surface area contributed by atoms with Gasteiger partial charge >= 0.3 is 5.97 Å². The zero-order valence-electron chi connectivity index (χ0n) is 12.1. The van der Waals surface area contributed by atoms with Crippen LogP contribution in [0.1, 0.15) is 30.7 Å². The fourth-order valence-corrected chi connectivity index (χ4v) is 4.05. The van der Waals surface area contributed by atoms with Gasteiger partial charge in [-0.1, -0.05) is 6.07 Å². The third-order valence-electron chi connectivity index (χ3n) is 4.66. The molecule has 1 saturated carbocycles. The zero-order chi connectivity index (χ0) is 16.1. The van der Waals surface area contributed by atoms with Crippen molar-refractivity contribution in [2.75, 3.05) is 6.61 Å². The number of benzene rings is 1. The number of hydrogen-bond acceptors (Lipinski definition) is 4. The van der Waals surface area contributed by atoms with E-state index in [0.29, 0.717) is 22.2 Å². The van der Waals surface area contributed by atoms with Gasteiger partial charge in [-0.15, -0.1) is 0 Å². The Labute approximate surface area is 140 Å². The lowest BCUT2D eigenvalue weighted by atomic mass is 9.70. The first kappa shape index (κ1) is 14.8. The van der Waals surface area contributed by atoms with Gasteiger partial charge in [0, 0.05) is 18.1 Å². The molecule has 4 nitrogen and oxygen atoms in total. The number of esters is 1. The van der Waals surface area contributed by atoms with Crippen molar-refractivity contribution in [3.8, 4) is 0 Å². The normalized spacial score (nSPS) is 26.6. The number of fused-ring (bicyclic) bond motifs is 1. The van der Waals surface area contributed by atoms with Gasteiger partial charge in [-0.2, -0.15) is 0 Å². The molecular formula is C17H13BrFNO3. The van der Waals surface area contributed by atoms with Gasteiger partial charge in [0.05, 0.1) is 21.7 Å². The van der Waals surface area contributed by atoms with E-state index in [1.54, 1.807) is 12.1 Å². The number of rotatable bonds is 1. The fourth-order valence-electron chi connectivity index (χ4n) is 3.66. The Morgan fingerprint density at radius 2 is 2.04 bits per heavy atom. The molecule has 118 valence electrons. The van der Waals surface area contributed by atoms with Crippen LogP contribution in [0.15, 0.2) is 38.9 Å². The molecule has 2 heterocycles. The van der Waals surface area contributed by atoms with Gasteiger partial charge in [0.2, 0.25) is 0 Å². The summed E-state index contributed by atoms with van der Waals surface area (Å²) < 4.78 is 19.0. The van der Waals surface area contributed by atoms with Crippen LogP contribution in [0.25, 0.3) is 0 Å². The molecule has 2 atom stereocenters. The second-order valence-electron chi connectivity index (χ2n) is 5.99. The molecule has 3 aliphatic rings.